The van der Waals surface area contributed by atoms with Gasteiger partial charge in [0, 0.05) is 4.88 Å². The second-order valence-corrected chi connectivity index (χ2v) is 10.9. The van der Waals surface area contributed by atoms with E-state index >= 15 is 0 Å². The molecule has 1 amide bonds. The van der Waals surface area contributed by atoms with Gasteiger partial charge in [0.25, 0.3) is 0 Å². The van der Waals surface area contributed by atoms with Gasteiger partial charge in [-0.05, 0) is 55.7 Å². The van der Waals surface area contributed by atoms with Gasteiger partial charge in [0.2, 0.25) is 15.9 Å². The number of fused-ring (bicyclic) bond motifs is 1. The first-order chi connectivity index (χ1) is 13.9. The van der Waals surface area contributed by atoms with Crippen LogP contribution in [-0.2, 0) is 27.7 Å². The molecule has 0 radical (unpaired) electrons. The zero-order chi connectivity index (χ0) is 20.9. The Bertz CT molecular complexity index is 929. The van der Waals surface area contributed by atoms with Gasteiger partial charge in [0.05, 0.1) is 10.6 Å². The molecule has 1 aliphatic carbocycles. The minimum atomic E-state index is -3.78. The van der Waals surface area contributed by atoms with E-state index in [4.69, 9.17) is 0 Å². The van der Waals surface area contributed by atoms with E-state index in [9.17, 15) is 13.2 Å². The third-order valence-corrected chi connectivity index (χ3v) is 8.29. The summed E-state index contributed by atoms with van der Waals surface area (Å²) in [5.74, 6) is 0.984. The van der Waals surface area contributed by atoms with Crippen LogP contribution < -0.4 is 10.0 Å². The van der Waals surface area contributed by atoms with Gasteiger partial charge in [0.15, 0.2) is 5.13 Å². The van der Waals surface area contributed by atoms with Gasteiger partial charge in [-0.3, -0.25) is 4.79 Å². The van der Waals surface area contributed by atoms with Gasteiger partial charge in [-0.15, -0.1) is 11.3 Å². The van der Waals surface area contributed by atoms with Crippen molar-refractivity contribution in [3.8, 4) is 0 Å². The molecule has 1 aromatic heterocycles. The number of nitrogens with zero attached hydrogens (tertiary/aromatic N) is 1. The predicted octanol–water partition coefficient (Wildman–Crippen LogP) is 3.70. The van der Waals surface area contributed by atoms with Crippen LogP contribution in [0.2, 0.25) is 0 Å². The zero-order valence-electron chi connectivity index (χ0n) is 16.7. The number of aromatic nitrogens is 1. The molecule has 0 bridgehead atoms. The maximum Gasteiger partial charge on any atom is 0.244 e. The third kappa shape index (κ3) is 5.81. The topological polar surface area (TPSA) is 88.2 Å². The molecule has 1 heterocycles. The number of hydrogen-bond acceptors (Lipinski definition) is 6. The largest absolute Gasteiger partial charge is 0.301 e. The quantitative estimate of drug-likeness (QED) is 0.604. The highest BCUT2D eigenvalue weighted by molar-refractivity contribution is 7.98. The summed E-state index contributed by atoms with van der Waals surface area (Å²) in [6.07, 6.45) is 6.57. The molecule has 29 heavy (non-hydrogen) atoms. The maximum atomic E-state index is 12.9. The number of carbonyl (C=O) groups excluding carboxylic acids is 1. The molecular weight excluding hydrogens is 426 g/mol. The number of sulfonamides is 1. The van der Waals surface area contributed by atoms with Gasteiger partial charge in [-0.25, -0.2) is 13.4 Å². The monoisotopic (exact) mass is 453 g/mol. The summed E-state index contributed by atoms with van der Waals surface area (Å²) in [7, 11) is -3.78. The SMILES string of the molecule is CCC1CCc2nc(NC(=O)C(CCSC)NS(=O)(=O)c3ccccc3)sc2C1. The number of aryl methyl sites for hydroxylation is 1. The second kappa shape index (κ2) is 10.1. The second-order valence-electron chi connectivity index (χ2n) is 7.16. The number of benzene rings is 1. The van der Waals surface area contributed by atoms with Gasteiger partial charge in [-0.2, -0.15) is 16.5 Å². The molecule has 1 aromatic carbocycles. The molecule has 2 atom stereocenters. The Labute approximate surface area is 181 Å². The molecule has 0 fully saturated rings. The minimum absolute atomic E-state index is 0.150. The Balaban J connectivity index is 1.72. The molecule has 158 valence electrons. The average Bonchev–Trinajstić information content (AvgIpc) is 3.12. The molecular formula is C20H27N3O3S3. The van der Waals surface area contributed by atoms with Crippen LogP contribution >= 0.6 is 23.1 Å². The van der Waals surface area contributed by atoms with Gasteiger partial charge < -0.3 is 5.32 Å². The van der Waals surface area contributed by atoms with Crippen molar-refractivity contribution in [1.82, 2.24) is 9.71 Å². The fourth-order valence-corrected chi connectivity index (χ4v) is 6.22. The van der Waals surface area contributed by atoms with Crippen LogP contribution in [0.3, 0.4) is 0 Å². The van der Waals surface area contributed by atoms with E-state index in [1.165, 1.54) is 28.3 Å². The Morgan fingerprint density at radius 1 is 1.34 bits per heavy atom. The fraction of sp³-hybridized carbons (Fsp3) is 0.500. The van der Waals surface area contributed by atoms with Crippen molar-refractivity contribution >= 4 is 44.2 Å². The first-order valence-corrected chi connectivity index (χ1v) is 13.5. The summed E-state index contributed by atoms with van der Waals surface area (Å²) >= 11 is 3.09. The van der Waals surface area contributed by atoms with E-state index < -0.39 is 16.1 Å². The highest BCUT2D eigenvalue weighted by atomic mass is 32.2. The first kappa shape index (κ1) is 22.3. The minimum Gasteiger partial charge on any atom is -0.301 e. The summed E-state index contributed by atoms with van der Waals surface area (Å²) in [6.45, 7) is 2.20. The van der Waals surface area contributed by atoms with Crippen LogP contribution in [0.4, 0.5) is 5.13 Å². The summed E-state index contributed by atoms with van der Waals surface area (Å²) in [5, 5.41) is 3.41. The third-order valence-electron chi connectivity index (χ3n) is 5.13. The lowest BCUT2D eigenvalue weighted by molar-refractivity contribution is -0.117. The molecule has 2 N–H and O–H groups in total. The summed E-state index contributed by atoms with van der Waals surface area (Å²) in [6, 6.07) is 7.27. The predicted molar refractivity (Wildman–Crippen MR) is 120 cm³/mol. The van der Waals surface area contributed by atoms with Crippen molar-refractivity contribution < 1.29 is 13.2 Å². The van der Waals surface area contributed by atoms with Gasteiger partial charge in [-0.1, -0.05) is 31.5 Å². The Kier molecular flexibility index (Phi) is 7.72. The molecule has 3 rings (SSSR count). The molecule has 2 aromatic rings. The van der Waals surface area contributed by atoms with Crippen LogP contribution in [0.5, 0.6) is 0 Å². The Morgan fingerprint density at radius 2 is 2.10 bits per heavy atom. The van der Waals surface area contributed by atoms with Crippen LogP contribution in [-0.4, -0.2) is 37.4 Å². The molecule has 6 nitrogen and oxygen atoms in total. The van der Waals surface area contributed by atoms with E-state index in [1.807, 2.05) is 6.26 Å². The van der Waals surface area contributed by atoms with Crippen molar-refractivity contribution in [1.29, 1.82) is 0 Å². The van der Waals surface area contributed by atoms with E-state index in [2.05, 4.69) is 21.9 Å². The number of thioether (sulfide) groups is 1. The average molecular weight is 454 g/mol. The van der Waals surface area contributed by atoms with Crippen molar-refractivity contribution in [3.05, 3.63) is 40.9 Å². The van der Waals surface area contributed by atoms with E-state index in [-0.39, 0.29) is 10.8 Å². The maximum absolute atomic E-state index is 12.9. The number of carbonyl (C=O) groups is 1. The van der Waals surface area contributed by atoms with Gasteiger partial charge >= 0.3 is 0 Å². The molecule has 9 heteroatoms. The molecule has 0 spiro atoms. The normalized spacial score (nSPS) is 17.5. The summed E-state index contributed by atoms with van der Waals surface area (Å²) < 4.78 is 27.9. The van der Waals surface area contributed by atoms with Crippen LogP contribution in [0.25, 0.3) is 0 Å². The first-order valence-electron chi connectivity index (χ1n) is 9.78. The van der Waals surface area contributed by atoms with E-state index in [1.54, 1.807) is 30.0 Å². The van der Waals surface area contributed by atoms with Gasteiger partial charge in [0.1, 0.15) is 6.04 Å². The Hall–Kier alpha value is -1.42. The number of thiazole rings is 1. The smallest absolute Gasteiger partial charge is 0.244 e. The van der Waals surface area contributed by atoms with Crippen molar-refractivity contribution in [2.75, 3.05) is 17.3 Å². The van der Waals surface area contributed by atoms with Crippen molar-refractivity contribution in [3.63, 3.8) is 0 Å². The lowest BCUT2D eigenvalue weighted by Crippen LogP contribution is -2.44. The molecule has 0 aliphatic heterocycles. The lowest BCUT2D eigenvalue weighted by atomic mass is 9.89. The highest BCUT2D eigenvalue weighted by Crippen LogP contribution is 2.33. The number of rotatable bonds is 9. The molecule has 2 unspecified atom stereocenters. The summed E-state index contributed by atoms with van der Waals surface area (Å²) in [5.41, 5.74) is 1.07. The highest BCUT2D eigenvalue weighted by Gasteiger charge is 2.27. The standard InChI is InChI=1S/C20H27N3O3S3/c1-3-14-9-10-16-18(13-14)28-20(21-16)22-19(24)17(11-12-27-2)23-29(25,26)15-7-5-4-6-8-15/h4-8,14,17,23H,3,9-13H2,1-2H3,(H,21,22,24). The number of hydrogen-bond donors (Lipinski definition) is 2. The van der Waals surface area contributed by atoms with Crippen LogP contribution in [0.15, 0.2) is 35.2 Å². The lowest BCUT2D eigenvalue weighted by Gasteiger charge is -2.18. The molecule has 0 saturated heterocycles. The summed E-state index contributed by atoms with van der Waals surface area (Å²) in [4.78, 5) is 18.9. The zero-order valence-corrected chi connectivity index (χ0v) is 19.1. The van der Waals surface area contributed by atoms with E-state index in [0.29, 0.717) is 23.2 Å². The molecule has 1 aliphatic rings. The van der Waals surface area contributed by atoms with Crippen LogP contribution in [0, 0.1) is 5.92 Å². The van der Waals surface area contributed by atoms with E-state index in [0.717, 1.165) is 31.4 Å². The number of nitrogens with one attached hydrogen (secondary N) is 2. The van der Waals surface area contributed by atoms with Crippen LogP contribution in [0.1, 0.15) is 36.8 Å². The molecule has 0 saturated carbocycles. The Morgan fingerprint density at radius 3 is 2.79 bits per heavy atom. The fourth-order valence-electron chi connectivity index (χ4n) is 3.37. The van der Waals surface area contributed by atoms with Crippen molar-refractivity contribution in [2.24, 2.45) is 5.92 Å². The van der Waals surface area contributed by atoms with Crippen molar-refractivity contribution in [2.45, 2.75) is 50.0 Å². The number of amides is 1. The number of anilines is 1.